The number of likely N-dealkylation sites (N-methyl/N-ethyl adjacent to an activating group) is 1. The third-order valence-corrected chi connectivity index (χ3v) is 0.747. The van der Waals surface area contributed by atoms with Crippen molar-refractivity contribution in [2.75, 3.05) is 20.2 Å². The molecule has 0 spiro atoms. The number of ether oxygens (including phenoxy) is 1. The molecule has 0 aromatic carbocycles. The van der Waals surface area contributed by atoms with E-state index in [2.05, 4.69) is 10.1 Å². The van der Waals surface area contributed by atoms with Crippen molar-refractivity contribution in [3.63, 3.8) is 0 Å². The number of hydrogen-bond acceptors (Lipinski definition) is 3. The van der Waals surface area contributed by atoms with Gasteiger partial charge in [0.25, 0.3) is 0 Å². The van der Waals surface area contributed by atoms with Crippen LogP contribution in [0.25, 0.3) is 0 Å². The summed E-state index contributed by atoms with van der Waals surface area (Å²) in [6.45, 7) is 3.05. The van der Waals surface area contributed by atoms with Crippen LogP contribution in [0.1, 0.15) is 6.92 Å². The van der Waals surface area contributed by atoms with Gasteiger partial charge in [-0.05, 0) is 6.54 Å². The molecule has 0 aliphatic rings. The van der Waals surface area contributed by atoms with Crippen molar-refractivity contribution in [1.29, 1.82) is 0 Å². The standard InChI is InChI=1S/C5H11NO2.ClH/c1-3-6-4-5(7)8-2;/h6H,3-4H2,1-2H3;1H. The number of rotatable bonds is 3. The molecular weight excluding hydrogens is 142 g/mol. The van der Waals surface area contributed by atoms with E-state index in [1.54, 1.807) is 0 Å². The van der Waals surface area contributed by atoms with Crippen LogP contribution in [0.15, 0.2) is 0 Å². The summed E-state index contributed by atoms with van der Waals surface area (Å²) in [4.78, 5) is 10.3. The summed E-state index contributed by atoms with van der Waals surface area (Å²) >= 11 is 0. The van der Waals surface area contributed by atoms with Crippen LogP contribution in [-0.4, -0.2) is 26.2 Å². The van der Waals surface area contributed by atoms with Gasteiger partial charge >= 0.3 is 5.97 Å². The first-order chi connectivity index (χ1) is 3.81. The molecule has 0 atom stereocenters. The number of halogens is 1. The molecule has 56 valence electrons. The average Bonchev–Trinajstić information content (AvgIpc) is 1.83. The van der Waals surface area contributed by atoms with Gasteiger partial charge in [0.1, 0.15) is 0 Å². The van der Waals surface area contributed by atoms with Gasteiger partial charge in [0.05, 0.1) is 13.7 Å². The summed E-state index contributed by atoms with van der Waals surface area (Å²) in [5, 5.41) is 2.82. The molecule has 0 fully saturated rings. The van der Waals surface area contributed by atoms with E-state index >= 15 is 0 Å². The summed E-state index contributed by atoms with van der Waals surface area (Å²) < 4.78 is 4.35. The van der Waals surface area contributed by atoms with Gasteiger partial charge in [0.15, 0.2) is 0 Å². The van der Waals surface area contributed by atoms with Gasteiger partial charge in [-0.2, -0.15) is 0 Å². The fourth-order valence-corrected chi connectivity index (χ4v) is 0.299. The van der Waals surface area contributed by atoms with E-state index in [1.165, 1.54) is 7.11 Å². The van der Waals surface area contributed by atoms with Crippen LogP contribution in [0.3, 0.4) is 0 Å². The average molecular weight is 154 g/mol. The minimum atomic E-state index is -0.216. The van der Waals surface area contributed by atoms with Gasteiger partial charge in [-0.3, -0.25) is 4.79 Å². The molecule has 0 aliphatic carbocycles. The molecular formula is C5H12ClNO2. The summed E-state index contributed by atoms with van der Waals surface area (Å²) in [6, 6.07) is 0. The SMILES string of the molecule is CCNCC(=O)OC.Cl. The monoisotopic (exact) mass is 153 g/mol. The van der Waals surface area contributed by atoms with Gasteiger partial charge in [-0.25, -0.2) is 0 Å². The molecule has 0 amide bonds. The maximum atomic E-state index is 10.3. The first kappa shape index (κ1) is 11.5. The van der Waals surface area contributed by atoms with E-state index < -0.39 is 0 Å². The number of esters is 1. The summed E-state index contributed by atoms with van der Waals surface area (Å²) in [6.07, 6.45) is 0. The van der Waals surface area contributed by atoms with E-state index in [9.17, 15) is 4.79 Å². The molecule has 0 aromatic heterocycles. The first-order valence-electron chi connectivity index (χ1n) is 2.58. The topological polar surface area (TPSA) is 38.3 Å². The lowest BCUT2D eigenvalue weighted by Crippen LogP contribution is -2.23. The molecule has 1 N–H and O–H groups in total. The lowest BCUT2D eigenvalue weighted by molar-refractivity contribution is -0.139. The molecule has 0 radical (unpaired) electrons. The Morgan fingerprint density at radius 3 is 2.56 bits per heavy atom. The van der Waals surface area contributed by atoms with Crippen molar-refractivity contribution >= 4 is 18.4 Å². The molecule has 9 heavy (non-hydrogen) atoms. The summed E-state index contributed by atoms with van der Waals surface area (Å²) in [7, 11) is 1.37. The van der Waals surface area contributed by atoms with Crippen LogP contribution in [0, 0.1) is 0 Å². The van der Waals surface area contributed by atoms with Crippen molar-refractivity contribution in [1.82, 2.24) is 5.32 Å². The quantitative estimate of drug-likeness (QED) is 0.589. The lowest BCUT2D eigenvalue weighted by atomic mass is 10.6. The number of nitrogens with one attached hydrogen (secondary N) is 1. The molecule has 4 heteroatoms. The van der Waals surface area contributed by atoms with Crippen molar-refractivity contribution in [2.24, 2.45) is 0 Å². The lowest BCUT2D eigenvalue weighted by Gasteiger charge is -1.96. The van der Waals surface area contributed by atoms with Crippen LogP contribution in [0.2, 0.25) is 0 Å². The van der Waals surface area contributed by atoms with E-state index in [1.807, 2.05) is 6.92 Å². The normalized spacial score (nSPS) is 7.78. The van der Waals surface area contributed by atoms with Crippen LogP contribution in [0.5, 0.6) is 0 Å². The zero-order chi connectivity index (χ0) is 6.41. The Kier molecular flexibility index (Phi) is 9.87. The van der Waals surface area contributed by atoms with E-state index in [4.69, 9.17) is 0 Å². The molecule has 0 bridgehead atoms. The maximum Gasteiger partial charge on any atom is 0.319 e. The van der Waals surface area contributed by atoms with Crippen LogP contribution in [0.4, 0.5) is 0 Å². The number of hydrogen-bond donors (Lipinski definition) is 1. The van der Waals surface area contributed by atoms with Crippen molar-refractivity contribution in [3.8, 4) is 0 Å². The zero-order valence-corrected chi connectivity index (χ0v) is 6.46. The van der Waals surface area contributed by atoms with E-state index in [-0.39, 0.29) is 18.4 Å². The van der Waals surface area contributed by atoms with Crippen molar-refractivity contribution in [2.45, 2.75) is 6.92 Å². The highest BCUT2D eigenvalue weighted by Crippen LogP contribution is 1.66. The number of carbonyl (C=O) groups excluding carboxylic acids is 1. The Morgan fingerprint density at radius 2 is 2.22 bits per heavy atom. The molecule has 0 aromatic rings. The second kappa shape index (κ2) is 7.72. The molecule has 0 rings (SSSR count). The van der Waals surface area contributed by atoms with E-state index in [0.717, 1.165) is 6.54 Å². The van der Waals surface area contributed by atoms with Gasteiger partial charge in [-0.1, -0.05) is 6.92 Å². The fourth-order valence-electron chi connectivity index (χ4n) is 0.299. The fraction of sp³-hybridized carbons (Fsp3) is 0.800. The van der Waals surface area contributed by atoms with Gasteiger partial charge in [0, 0.05) is 0 Å². The van der Waals surface area contributed by atoms with E-state index in [0.29, 0.717) is 6.54 Å². The summed E-state index contributed by atoms with van der Waals surface area (Å²) in [5.41, 5.74) is 0. The van der Waals surface area contributed by atoms with Crippen LogP contribution < -0.4 is 5.32 Å². The number of methoxy groups -OCH3 is 1. The van der Waals surface area contributed by atoms with Gasteiger partial charge in [-0.15, -0.1) is 12.4 Å². The van der Waals surface area contributed by atoms with Crippen molar-refractivity contribution < 1.29 is 9.53 Å². The summed E-state index contributed by atoms with van der Waals surface area (Å²) in [5.74, 6) is -0.216. The minimum Gasteiger partial charge on any atom is -0.468 e. The molecule has 0 aliphatic heterocycles. The highest BCUT2D eigenvalue weighted by atomic mass is 35.5. The van der Waals surface area contributed by atoms with Gasteiger partial charge < -0.3 is 10.1 Å². The third kappa shape index (κ3) is 7.72. The van der Waals surface area contributed by atoms with Crippen LogP contribution in [-0.2, 0) is 9.53 Å². The molecule has 0 unspecified atom stereocenters. The Balaban J connectivity index is 0. The highest BCUT2D eigenvalue weighted by Gasteiger charge is 1.93. The zero-order valence-electron chi connectivity index (χ0n) is 5.64. The molecule has 3 nitrogen and oxygen atoms in total. The maximum absolute atomic E-state index is 10.3. The third-order valence-electron chi connectivity index (χ3n) is 0.747. The Hall–Kier alpha value is -0.280. The second-order valence-corrected chi connectivity index (χ2v) is 1.36. The smallest absolute Gasteiger partial charge is 0.319 e. The molecule has 0 saturated heterocycles. The number of carbonyl (C=O) groups is 1. The molecule has 0 heterocycles. The predicted molar refractivity (Wildman–Crippen MR) is 37.8 cm³/mol. The largest absolute Gasteiger partial charge is 0.468 e. The Morgan fingerprint density at radius 1 is 1.67 bits per heavy atom. The minimum absolute atomic E-state index is 0. The van der Waals surface area contributed by atoms with Crippen LogP contribution >= 0.6 is 12.4 Å². The van der Waals surface area contributed by atoms with Gasteiger partial charge in [0.2, 0.25) is 0 Å². The highest BCUT2D eigenvalue weighted by molar-refractivity contribution is 5.85. The predicted octanol–water partition coefficient (Wildman–Crippen LogP) is 0.191. The van der Waals surface area contributed by atoms with Crippen molar-refractivity contribution in [3.05, 3.63) is 0 Å². The second-order valence-electron chi connectivity index (χ2n) is 1.36. The Labute approximate surface area is 61.2 Å². The molecule has 0 saturated carbocycles. The first-order valence-corrected chi connectivity index (χ1v) is 2.58. The Bertz CT molecular complexity index is 77.4.